The SMILES string of the molecule is CCCCCCCCCCCCCCCCOc1ccc(C(=O)Oc2ccc(N=Nc3ccc(Cl)c(Cl)c3)cc2Cl)cc1. The van der Waals surface area contributed by atoms with Gasteiger partial charge in [-0.3, -0.25) is 0 Å². The number of esters is 1. The molecule has 3 aromatic rings. The highest BCUT2D eigenvalue weighted by Crippen LogP contribution is 2.32. The van der Waals surface area contributed by atoms with Gasteiger partial charge in [-0.1, -0.05) is 125 Å². The van der Waals surface area contributed by atoms with Crippen molar-refractivity contribution in [2.24, 2.45) is 10.2 Å². The highest BCUT2D eigenvalue weighted by molar-refractivity contribution is 6.42. The monoisotopic (exact) mass is 644 g/mol. The van der Waals surface area contributed by atoms with Gasteiger partial charge in [0.1, 0.15) is 11.5 Å². The lowest BCUT2D eigenvalue weighted by Crippen LogP contribution is -2.08. The van der Waals surface area contributed by atoms with Gasteiger partial charge in [-0.25, -0.2) is 4.79 Å². The smallest absolute Gasteiger partial charge is 0.343 e. The van der Waals surface area contributed by atoms with Crippen LogP contribution in [0.25, 0.3) is 0 Å². The van der Waals surface area contributed by atoms with Crippen molar-refractivity contribution in [2.75, 3.05) is 6.61 Å². The summed E-state index contributed by atoms with van der Waals surface area (Å²) in [5.41, 5.74) is 1.45. The second-order valence-corrected chi connectivity index (χ2v) is 12.0. The molecule has 0 heterocycles. The Morgan fingerprint density at radius 1 is 0.605 bits per heavy atom. The van der Waals surface area contributed by atoms with E-state index < -0.39 is 5.97 Å². The van der Waals surface area contributed by atoms with E-state index in [9.17, 15) is 4.79 Å². The van der Waals surface area contributed by atoms with Crippen LogP contribution in [0.3, 0.4) is 0 Å². The Kier molecular flexibility index (Phi) is 16.5. The third kappa shape index (κ3) is 13.7. The van der Waals surface area contributed by atoms with E-state index in [1.54, 1.807) is 60.7 Å². The molecule has 3 rings (SSSR count). The summed E-state index contributed by atoms with van der Waals surface area (Å²) in [4.78, 5) is 12.7. The molecule has 0 bridgehead atoms. The molecule has 0 aliphatic rings. The number of ether oxygens (including phenoxy) is 2. The fraction of sp³-hybridized carbons (Fsp3) is 0.457. The van der Waals surface area contributed by atoms with Gasteiger partial charge < -0.3 is 9.47 Å². The molecular formula is C35H43Cl3N2O3. The second kappa shape index (κ2) is 20.4. The summed E-state index contributed by atoms with van der Waals surface area (Å²) < 4.78 is 11.4. The summed E-state index contributed by atoms with van der Waals surface area (Å²) in [6.07, 6.45) is 18.6. The zero-order valence-corrected chi connectivity index (χ0v) is 27.4. The van der Waals surface area contributed by atoms with Crippen LogP contribution >= 0.6 is 34.8 Å². The normalized spacial score (nSPS) is 11.3. The van der Waals surface area contributed by atoms with E-state index in [4.69, 9.17) is 44.3 Å². The number of nitrogens with zero attached hydrogens (tertiary/aromatic N) is 2. The van der Waals surface area contributed by atoms with Gasteiger partial charge in [0, 0.05) is 0 Å². The molecule has 232 valence electrons. The molecule has 5 nitrogen and oxygen atoms in total. The topological polar surface area (TPSA) is 60.2 Å². The van der Waals surface area contributed by atoms with Crippen LogP contribution in [0.15, 0.2) is 70.9 Å². The van der Waals surface area contributed by atoms with Crippen LogP contribution in [-0.2, 0) is 0 Å². The molecule has 0 spiro atoms. The maximum absolute atomic E-state index is 12.7. The Balaban J connectivity index is 1.29. The minimum Gasteiger partial charge on any atom is -0.494 e. The van der Waals surface area contributed by atoms with Gasteiger partial charge in [-0.2, -0.15) is 10.2 Å². The van der Waals surface area contributed by atoms with Crippen molar-refractivity contribution >= 4 is 52.1 Å². The number of unbranched alkanes of at least 4 members (excludes halogenated alkanes) is 13. The average Bonchev–Trinajstić information content (AvgIpc) is 3.01. The number of hydrogen-bond acceptors (Lipinski definition) is 5. The van der Waals surface area contributed by atoms with E-state index in [2.05, 4.69) is 17.2 Å². The minimum atomic E-state index is -0.509. The molecular weight excluding hydrogens is 603 g/mol. The van der Waals surface area contributed by atoms with Gasteiger partial charge >= 0.3 is 5.97 Å². The number of carbonyl (C=O) groups is 1. The van der Waals surface area contributed by atoms with Crippen molar-refractivity contribution < 1.29 is 14.3 Å². The van der Waals surface area contributed by atoms with E-state index in [0.29, 0.717) is 33.6 Å². The van der Waals surface area contributed by atoms with Gasteiger partial charge in [0.15, 0.2) is 0 Å². The maximum Gasteiger partial charge on any atom is 0.343 e. The zero-order chi connectivity index (χ0) is 30.7. The third-order valence-electron chi connectivity index (χ3n) is 7.16. The fourth-order valence-electron chi connectivity index (χ4n) is 4.63. The molecule has 0 N–H and O–H groups in total. The molecule has 0 unspecified atom stereocenters. The molecule has 0 fully saturated rings. The summed E-state index contributed by atoms with van der Waals surface area (Å²) in [5.74, 6) is 0.463. The van der Waals surface area contributed by atoms with Crippen molar-refractivity contribution in [3.05, 3.63) is 81.3 Å². The first-order valence-electron chi connectivity index (χ1n) is 15.6. The summed E-state index contributed by atoms with van der Waals surface area (Å²) in [7, 11) is 0. The largest absolute Gasteiger partial charge is 0.494 e. The van der Waals surface area contributed by atoms with Crippen molar-refractivity contribution in [3.8, 4) is 11.5 Å². The number of rotatable bonds is 20. The van der Waals surface area contributed by atoms with Crippen molar-refractivity contribution in [1.82, 2.24) is 0 Å². The summed E-state index contributed by atoms with van der Waals surface area (Å²) in [6, 6.07) is 16.7. The minimum absolute atomic E-state index is 0.235. The Hall–Kier alpha value is -2.60. The van der Waals surface area contributed by atoms with E-state index in [1.165, 1.54) is 83.5 Å². The highest BCUT2D eigenvalue weighted by atomic mass is 35.5. The van der Waals surface area contributed by atoms with Gasteiger partial charge in [-0.15, -0.1) is 0 Å². The fourth-order valence-corrected chi connectivity index (χ4v) is 5.14. The van der Waals surface area contributed by atoms with E-state index in [1.807, 2.05) is 0 Å². The summed E-state index contributed by atoms with van der Waals surface area (Å²) in [6.45, 7) is 2.94. The Morgan fingerprint density at radius 3 is 1.65 bits per heavy atom. The number of azo groups is 1. The average molecular weight is 646 g/mol. The summed E-state index contributed by atoms with van der Waals surface area (Å²) in [5, 5.41) is 9.36. The van der Waals surface area contributed by atoms with E-state index >= 15 is 0 Å². The Morgan fingerprint density at radius 2 is 1.12 bits per heavy atom. The molecule has 0 radical (unpaired) electrons. The predicted molar refractivity (Wildman–Crippen MR) is 179 cm³/mol. The zero-order valence-electron chi connectivity index (χ0n) is 25.1. The third-order valence-corrected chi connectivity index (χ3v) is 8.19. The Bertz CT molecular complexity index is 1280. The molecule has 0 aliphatic carbocycles. The molecule has 0 aliphatic heterocycles. The first kappa shape index (κ1) is 34.9. The number of carbonyl (C=O) groups excluding carboxylic acids is 1. The molecule has 8 heteroatoms. The molecule has 0 amide bonds. The molecule has 0 saturated carbocycles. The van der Waals surface area contributed by atoms with Crippen molar-refractivity contribution in [1.29, 1.82) is 0 Å². The van der Waals surface area contributed by atoms with Gasteiger partial charge in [0.25, 0.3) is 0 Å². The van der Waals surface area contributed by atoms with Gasteiger partial charge in [0.05, 0.1) is 38.6 Å². The first-order valence-corrected chi connectivity index (χ1v) is 16.7. The lowest BCUT2D eigenvalue weighted by atomic mass is 10.0. The van der Waals surface area contributed by atoms with Gasteiger partial charge in [0.2, 0.25) is 0 Å². The number of benzene rings is 3. The molecule has 0 atom stereocenters. The summed E-state index contributed by atoms with van der Waals surface area (Å²) >= 11 is 18.3. The number of halogens is 3. The second-order valence-electron chi connectivity index (χ2n) is 10.8. The van der Waals surface area contributed by atoms with E-state index in [0.717, 1.165) is 12.2 Å². The van der Waals surface area contributed by atoms with Crippen LogP contribution < -0.4 is 9.47 Å². The molecule has 43 heavy (non-hydrogen) atoms. The maximum atomic E-state index is 12.7. The van der Waals surface area contributed by atoms with E-state index in [-0.39, 0.29) is 10.8 Å². The molecule has 0 saturated heterocycles. The van der Waals surface area contributed by atoms with Crippen LogP contribution in [0.5, 0.6) is 11.5 Å². The first-order chi connectivity index (χ1) is 21.0. The van der Waals surface area contributed by atoms with Crippen LogP contribution in [0.2, 0.25) is 15.1 Å². The Labute approximate surface area is 271 Å². The van der Waals surface area contributed by atoms with Gasteiger partial charge in [-0.05, 0) is 67.1 Å². The standard InChI is InChI=1S/C35H43Cl3N2O3/c1-2-3-4-5-6-7-8-9-10-11-12-13-14-15-24-42-30-20-16-27(17-21-30)35(41)43-34-23-19-29(26-33(34)38)40-39-28-18-22-31(36)32(37)25-28/h16-23,25-26H,2-15,24H2,1H3. The lowest BCUT2D eigenvalue weighted by molar-refractivity contribution is 0.0735. The lowest BCUT2D eigenvalue weighted by Gasteiger charge is -2.09. The quantitative estimate of drug-likeness (QED) is 0.0531. The van der Waals surface area contributed by atoms with Crippen LogP contribution in [0.1, 0.15) is 107 Å². The van der Waals surface area contributed by atoms with Crippen LogP contribution in [0, 0.1) is 0 Å². The highest BCUT2D eigenvalue weighted by Gasteiger charge is 2.12. The predicted octanol–water partition coefficient (Wildman–Crippen LogP) is 13.1. The van der Waals surface area contributed by atoms with Crippen LogP contribution in [0.4, 0.5) is 11.4 Å². The van der Waals surface area contributed by atoms with Crippen LogP contribution in [-0.4, -0.2) is 12.6 Å². The number of hydrogen-bond donors (Lipinski definition) is 0. The molecule has 0 aromatic heterocycles. The van der Waals surface area contributed by atoms with Crippen molar-refractivity contribution in [2.45, 2.75) is 96.8 Å². The van der Waals surface area contributed by atoms with Crippen molar-refractivity contribution in [3.63, 3.8) is 0 Å². The molecule has 3 aromatic carbocycles.